The van der Waals surface area contributed by atoms with Crippen molar-refractivity contribution >= 4 is 11.8 Å². The summed E-state index contributed by atoms with van der Waals surface area (Å²) in [5, 5.41) is 8.21. The molecule has 2 amide bonds. The lowest BCUT2D eigenvalue weighted by Crippen LogP contribution is -2.43. The zero-order valence-electron chi connectivity index (χ0n) is 8.97. The Morgan fingerprint density at radius 1 is 1.18 bits per heavy atom. The van der Waals surface area contributed by atoms with E-state index in [2.05, 4.69) is 10.9 Å². The summed E-state index contributed by atoms with van der Waals surface area (Å²) in [6.07, 6.45) is -0.306. The van der Waals surface area contributed by atoms with Gasteiger partial charge in [-0.15, -0.1) is 0 Å². The molecule has 0 saturated carbocycles. The van der Waals surface area contributed by atoms with E-state index in [1.165, 1.54) is 0 Å². The highest BCUT2D eigenvalue weighted by atomic mass is 16.5. The normalized spacial score (nSPS) is 8.88. The van der Waals surface area contributed by atoms with E-state index in [4.69, 9.17) is 10.00 Å². The molecule has 0 heterocycles. The Morgan fingerprint density at radius 3 is 2.47 bits per heavy atom. The van der Waals surface area contributed by atoms with Gasteiger partial charge in [0.1, 0.15) is 12.2 Å². The van der Waals surface area contributed by atoms with Gasteiger partial charge in [-0.3, -0.25) is 20.4 Å². The van der Waals surface area contributed by atoms with E-state index in [1.807, 2.05) is 6.07 Å². The third-order valence-corrected chi connectivity index (χ3v) is 1.69. The topological polar surface area (TPSA) is 91.2 Å². The first kappa shape index (κ1) is 12.5. The van der Waals surface area contributed by atoms with Crippen LogP contribution in [0.15, 0.2) is 30.3 Å². The van der Waals surface area contributed by atoms with E-state index in [-0.39, 0.29) is 13.0 Å². The van der Waals surface area contributed by atoms with Crippen LogP contribution in [-0.4, -0.2) is 18.4 Å². The lowest BCUT2D eigenvalue weighted by Gasteiger charge is -2.07. The summed E-state index contributed by atoms with van der Waals surface area (Å²) in [7, 11) is 0. The summed E-state index contributed by atoms with van der Waals surface area (Å²) in [6, 6.07) is 10.5. The van der Waals surface area contributed by atoms with Crippen LogP contribution in [0.4, 0.5) is 0 Å². The van der Waals surface area contributed by atoms with Crippen molar-refractivity contribution in [2.75, 3.05) is 6.61 Å². The van der Waals surface area contributed by atoms with Gasteiger partial charge in [0, 0.05) is 0 Å². The molecule has 0 radical (unpaired) electrons. The van der Waals surface area contributed by atoms with Gasteiger partial charge in [0.2, 0.25) is 0 Å². The molecular formula is C11H11N3O3. The minimum absolute atomic E-state index is 0.211. The van der Waals surface area contributed by atoms with Crippen LogP contribution >= 0.6 is 0 Å². The molecule has 6 nitrogen and oxygen atoms in total. The third-order valence-electron chi connectivity index (χ3n) is 1.69. The molecule has 0 fully saturated rings. The quantitative estimate of drug-likeness (QED) is 0.723. The molecule has 88 valence electrons. The highest BCUT2D eigenvalue weighted by Crippen LogP contribution is 2.07. The summed E-state index contributed by atoms with van der Waals surface area (Å²) in [4.78, 5) is 22.0. The number of carbonyl (C=O) groups is 2. The first-order valence-corrected chi connectivity index (χ1v) is 4.85. The van der Waals surface area contributed by atoms with E-state index in [0.717, 1.165) is 0 Å². The molecule has 0 bridgehead atoms. The number of nitriles is 1. The molecule has 0 aliphatic carbocycles. The molecule has 0 atom stereocenters. The summed E-state index contributed by atoms with van der Waals surface area (Å²) in [5.41, 5.74) is 4.20. The van der Waals surface area contributed by atoms with Crippen molar-refractivity contribution in [3.05, 3.63) is 30.3 Å². The van der Waals surface area contributed by atoms with E-state index in [1.54, 1.807) is 30.3 Å². The van der Waals surface area contributed by atoms with Crippen molar-refractivity contribution < 1.29 is 14.3 Å². The van der Waals surface area contributed by atoms with Gasteiger partial charge in [-0.25, -0.2) is 0 Å². The first-order valence-electron chi connectivity index (χ1n) is 4.85. The highest BCUT2D eigenvalue weighted by Gasteiger charge is 2.04. The van der Waals surface area contributed by atoms with Crippen LogP contribution in [0.25, 0.3) is 0 Å². The van der Waals surface area contributed by atoms with Gasteiger partial charge in [-0.2, -0.15) is 5.26 Å². The van der Waals surface area contributed by atoms with Crippen molar-refractivity contribution in [2.24, 2.45) is 0 Å². The summed E-state index contributed by atoms with van der Waals surface area (Å²) >= 11 is 0. The minimum Gasteiger partial charge on any atom is -0.484 e. The number of nitrogens with one attached hydrogen (secondary N) is 2. The minimum atomic E-state index is -0.569. The molecule has 0 saturated heterocycles. The van der Waals surface area contributed by atoms with E-state index >= 15 is 0 Å². The van der Waals surface area contributed by atoms with Gasteiger partial charge in [-0.05, 0) is 12.1 Å². The molecule has 17 heavy (non-hydrogen) atoms. The molecule has 0 aliphatic heterocycles. The number of ether oxygens (including phenoxy) is 1. The Labute approximate surface area is 98.2 Å². The van der Waals surface area contributed by atoms with E-state index < -0.39 is 11.8 Å². The first-order chi connectivity index (χ1) is 8.22. The number of para-hydroxylation sites is 1. The largest absolute Gasteiger partial charge is 0.484 e. The summed E-state index contributed by atoms with van der Waals surface area (Å²) < 4.78 is 5.13. The average Bonchev–Trinajstić information content (AvgIpc) is 2.35. The lowest BCUT2D eigenvalue weighted by molar-refractivity contribution is -0.129. The number of benzene rings is 1. The maximum absolute atomic E-state index is 11.2. The maximum atomic E-state index is 11.2. The summed E-state index contributed by atoms with van der Waals surface area (Å²) in [6.45, 7) is -0.211. The molecule has 0 aromatic heterocycles. The van der Waals surface area contributed by atoms with Crippen molar-refractivity contribution in [1.82, 2.24) is 10.9 Å². The molecule has 0 unspecified atom stereocenters. The predicted molar refractivity (Wildman–Crippen MR) is 58.5 cm³/mol. The Morgan fingerprint density at radius 2 is 1.82 bits per heavy atom. The van der Waals surface area contributed by atoms with Crippen LogP contribution in [0.1, 0.15) is 6.42 Å². The van der Waals surface area contributed by atoms with Gasteiger partial charge in [-0.1, -0.05) is 18.2 Å². The monoisotopic (exact) mass is 233 g/mol. The fourth-order valence-corrected chi connectivity index (χ4v) is 0.957. The number of hydrogen-bond donors (Lipinski definition) is 2. The number of carbonyl (C=O) groups excluding carboxylic acids is 2. The number of nitrogens with zero attached hydrogens (tertiary/aromatic N) is 1. The predicted octanol–water partition coefficient (Wildman–Crippen LogP) is 0.126. The molecule has 0 aliphatic rings. The van der Waals surface area contributed by atoms with E-state index in [0.29, 0.717) is 5.75 Å². The van der Waals surface area contributed by atoms with Gasteiger partial charge < -0.3 is 4.74 Å². The van der Waals surface area contributed by atoms with E-state index in [9.17, 15) is 9.59 Å². The van der Waals surface area contributed by atoms with Crippen LogP contribution < -0.4 is 15.6 Å². The number of hydrazine groups is 1. The number of amides is 2. The second-order valence-electron chi connectivity index (χ2n) is 3.03. The Hall–Kier alpha value is -2.55. The zero-order valence-corrected chi connectivity index (χ0v) is 8.97. The fraction of sp³-hybridized carbons (Fsp3) is 0.182. The van der Waals surface area contributed by atoms with Gasteiger partial charge >= 0.3 is 0 Å². The Kier molecular flexibility index (Phi) is 5.04. The summed E-state index contributed by atoms with van der Waals surface area (Å²) in [5.74, 6) is -0.508. The lowest BCUT2D eigenvalue weighted by atomic mass is 10.3. The Bertz CT molecular complexity index is 425. The van der Waals surface area contributed by atoms with Gasteiger partial charge in [0.05, 0.1) is 6.07 Å². The average molecular weight is 233 g/mol. The Balaban J connectivity index is 2.22. The molecule has 1 aromatic carbocycles. The van der Waals surface area contributed by atoms with Crippen LogP contribution in [0.2, 0.25) is 0 Å². The van der Waals surface area contributed by atoms with Crippen molar-refractivity contribution in [3.63, 3.8) is 0 Å². The van der Waals surface area contributed by atoms with Gasteiger partial charge in [0.15, 0.2) is 6.61 Å². The van der Waals surface area contributed by atoms with Gasteiger partial charge in [0.25, 0.3) is 11.8 Å². The number of hydrogen-bond acceptors (Lipinski definition) is 4. The SMILES string of the molecule is N#CCC(=O)NNC(=O)COc1ccccc1. The highest BCUT2D eigenvalue weighted by molar-refractivity contribution is 5.83. The second kappa shape index (κ2) is 6.85. The van der Waals surface area contributed by atoms with Crippen molar-refractivity contribution in [2.45, 2.75) is 6.42 Å². The van der Waals surface area contributed by atoms with Crippen LogP contribution in [0, 0.1) is 11.3 Å². The molecule has 0 spiro atoms. The number of rotatable bonds is 4. The second-order valence-corrected chi connectivity index (χ2v) is 3.03. The van der Waals surface area contributed by atoms with Crippen molar-refractivity contribution in [3.8, 4) is 11.8 Å². The molecular weight excluding hydrogens is 222 g/mol. The fourth-order valence-electron chi connectivity index (χ4n) is 0.957. The smallest absolute Gasteiger partial charge is 0.276 e. The maximum Gasteiger partial charge on any atom is 0.276 e. The molecule has 6 heteroatoms. The third kappa shape index (κ3) is 5.18. The molecule has 2 N–H and O–H groups in total. The van der Waals surface area contributed by atoms with Crippen LogP contribution in [0.5, 0.6) is 5.75 Å². The standard InChI is InChI=1S/C11H11N3O3/c12-7-6-10(15)13-14-11(16)8-17-9-4-2-1-3-5-9/h1-5H,6,8H2,(H,13,15)(H,14,16). The molecule has 1 aromatic rings. The van der Waals surface area contributed by atoms with Crippen LogP contribution in [0.3, 0.4) is 0 Å². The van der Waals surface area contributed by atoms with Crippen LogP contribution in [-0.2, 0) is 9.59 Å². The molecule has 1 rings (SSSR count). The zero-order chi connectivity index (χ0) is 12.5. The van der Waals surface area contributed by atoms with Crippen molar-refractivity contribution in [1.29, 1.82) is 5.26 Å².